The van der Waals surface area contributed by atoms with Gasteiger partial charge in [-0.05, 0) is 43.3 Å². The van der Waals surface area contributed by atoms with Crippen molar-refractivity contribution in [3.63, 3.8) is 0 Å². The van der Waals surface area contributed by atoms with Gasteiger partial charge in [-0.3, -0.25) is 9.59 Å². The Hall–Kier alpha value is -3.10. The maximum atomic E-state index is 13.3. The molecule has 4 aromatic rings. The lowest BCUT2D eigenvalue weighted by atomic mass is 10.2. The molecule has 0 aliphatic heterocycles. The van der Waals surface area contributed by atoms with E-state index < -0.39 is 0 Å². The van der Waals surface area contributed by atoms with E-state index in [-0.39, 0.29) is 23.6 Å². The van der Waals surface area contributed by atoms with Crippen LogP contribution in [-0.4, -0.2) is 34.5 Å². The van der Waals surface area contributed by atoms with Gasteiger partial charge < -0.3 is 14.6 Å². The minimum Gasteiger partial charge on any atom is -0.467 e. The molecule has 2 heterocycles. The lowest BCUT2D eigenvalue weighted by Crippen LogP contribution is -2.30. The van der Waals surface area contributed by atoms with Crippen LogP contribution < -0.4 is 5.32 Å². The summed E-state index contributed by atoms with van der Waals surface area (Å²) < 4.78 is 6.33. The molecular formula is C24H23N3O3S2. The summed E-state index contributed by atoms with van der Waals surface area (Å²) in [7, 11) is 1.79. The van der Waals surface area contributed by atoms with Gasteiger partial charge in [0.1, 0.15) is 10.8 Å². The summed E-state index contributed by atoms with van der Waals surface area (Å²) >= 11 is 2.94. The van der Waals surface area contributed by atoms with E-state index in [9.17, 15) is 9.59 Å². The van der Waals surface area contributed by atoms with Crippen molar-refractivity contribution < 1.29 is 14.0 Å². The Morgan fingerprint density at radius 1 is 1.12 bits per heavy atom. The van der Waals surface area contributed by atoms with Crippen LogP contribution in [0.3, 0.4) is 0 Å². The van der Waals surface area contributed by atoms with Crippen LogP contribution in [0.15, 0.2) is 76.2 Å². The van der Waals surface area contributed by atoms with Gasteiger partial charge in [0.2, 0.25) is 5.91 Å². The number of rotatable bonds is 8. The van der Waals surface area contributed by atoms with E-state index in [1.54, 1.807) is 41.7 Å². The number of nitrogens with one attached hydrogen (secondary N) is 1. The molecule has 0 aliphatic carbocycles. The summed E-state index contributed by atoms with van der Waals surface area (Å²) in [5.41, 5.74) is 1.52. The van der Waals surface area contributed by atoms with E-state index in [0.717, 1.165) is 20.1 Å². The number of para-hydroxylation sites is 1. The Labute approximate surface area is 194 Å². The average molecular weight is 466 g/mol. The van der Waals surface area contributed by atoms with E-state index in [0.29, 0.717) is 17.9 Å². The fraction of sp³-hybridized carbons (Fsp3) is 0.208. The number of benzene rings is 2. The molecule has 1 N–H and O–H groups in total. The number of hydrogen-bond acceptors (Lipinski definition) is 6. The minimum atomic E-state index is -0.172. The van der Waals surface area contributed by atoms with E-state index in [4.69, 9.17) is 9.40 Å². The SMILES string of the molecule is CC(c1nc2ccccc2s1)N(C)C(=O)c1ccccc1SCC(=O)NCc1ccco1. The molecule has 0 aliphatic rings. The predicted molar refractivity (Wildman–Crippen MR) is 128 cm³/mol. The first-order valence-corrected chi connectivity index (χ1v) is 12.0. The molecule has 0 saturated heterocycles. The monoisotopic (exact) mass is 465 g/mol. The van der Waals surface area contributed by atoms with Crippen LogP contribution in [0.25, 0.3) is 10.2 Å². The van der Waals surface area contributed by atoms with Gasteiger partial charge in [-0.25, -0.2) is 4.98 Å². The van der Waals surface area contributed by atoms with Crippen molar-refractivity contribution in [2.45, 2.75) is 24.4 Å². The molecule has 0 saturated carbocycles. The molecule has 164 valence electrons. The maximum absolute atomic E-state index is 13.3. The van der Waals surface area contributed by atoms with Gasteiger partial charge in [0.05, 0.1) is 40.4 Å². The molecule has 8 heteroatoms. The number of fused-ring (bicyclic) bond motifs is 1. The van der Waals surface area contributed by atoms with Crippen molar-refractivity contribution in [1.29, 1.82) is 0 Å². The quantitative estimate of drug-likeness (QED) is 0.365. The van der Waals surface area contributed by atoms with E-state index in [1.165, 1.54) is 11.8 Å². The topological polar surface area (TPSA) is 75.4 Å². The number of nitrogens with zero attached hydrogens (tertiary/aromatic N) is 2. The first kappa shape index (κ1) is 22.1. The second kappa shape index (κ2) is 10.0. The molecule has 4 rings (SSSR count). The van der Waals surface area contributed by atoms with Gasteiger partial charge >= 0.3 is 0 Å². The maximum Gasteiger partial charge on any atom is 0.255 e. The van der Waals surface area contributed by atoms with Crippen molar-refractivity contribution in [3.05, 3.63) is 83.3 Å². The highest BCUT2D eigenvalue weighted by molar-refractivity contribution is 8.00. The third kappa shape index (κ3) is 5.03. The number of furan rings is 1. The van der Waals surface area contributed by atoms with Gasteiger partial charge in [0, 0.05) is 11.9 Å². The fourth-order valence-corrected chi connectivity index (χ4v) is 5.10. The summed E-state index contributed by atoms with van der Waals surface area (Å²) in [6.45, 7) is 2.32. The van der Waals surface area contributed by atoms with E-state index >= 15 is 0 Å². The molecule has 6 nitrogen and oxygen atoms in total. The lowest BCUT2D eigenvalue weighted by Gasteiger charge is -2.24. The zero-order valence-corrected chi connectivity index (χ0v) is 19.4. The van der Waals surface area contributed by atoms with Crippen LogP contribution in [0, 0.1) is 0 Å². The average Bonchev–Trinajstić information content (AvgIpc) is 3.50. The van der Waals surface area contributed by atoms with Crippen molar-refractivity contribution in [1.82, 2.24) is 15.2 Å². The number of thiazole rings is 1. The first-order chi connectivity index (χ1) is 15.5. The second-order valence-corrected chi connectivity index (χ2v) is 9.33. The Bertz CT molecular complexity index is 1190. The molecule has 32 heavy (non-hydrogen) atoms. The van der Waals surface area contributed by atoms with Crippen molar-refractivity contribution in [3.8, 4) is 0 Å². The van der Waals surface area contributed by atoms with Crippen LogP contribution in [-0.2, 0) is 11.3 Å². The zero-order chi connectivity index (χ0) is 22.5. The predicted octanol–water partition coefficient (Wildman–Crippen LogP) is 5.13. The molecular weight excluding hydrogens is 442 g/mol. The first-order valence-electron chi connectivity index (χ1n) is 10.2. The summed E-state index contributed by atoms with van der Waals surface area (Å²) in [4.78, 5) is 32.7. The number of thioether (sulfide) groups is 1. The number of carbonyl (C=O) groups excluding carboxylic acids is 2. The van der Waals surface area contributed by atoms with Crippen LogP contribution in [0.4, 0.5) is 0 Å². The molecule has 0 bridgehead atoms. The molecule has 2 amide bonds. The number of amides is 2. The third-order valence-corrected chi connectivity index (χ3v) is 7.37. The normalized spacial score (nSPS) is 11.9. The van der Waals surface area contributed by atoms with Gasteiger partial charge in [0.15, 0.2) is 0 Å². The van der Waals surface area contributed by atoms with E-state index in [1.807, 2.05) is 55.5 Å². The Morgan fingerprint density at radius 3 is 2.69 bits per heavy atom. The summed E-state index contributed by atoms with van der Waals surface area (Å²) in [6, 6.07) is 18.8. The van der Waals surface area contributed by atoms with Gasteiger partial charge in [-0.15, -0.1) is 23.1 Å². The molecule has 1 unspecified atom stereocenters. The highest BCUT2D eigenvalue weighted by Gasteiger charge is 2.24. The van der Waals surface area contributed by atoms with Gasteiger partial charge in [-0.2, -0.15) is 0 Å². The van der Waals surface area contributed by atoms with Crippen LogP contribution in [0.5, 0.6) is 0 Å². The highest BCUT2D eigenvalue weighted by atomic mass is 32.2. The Morgan fingerprint density at radius 2 is 1.91 bits per heavy atom. The zero-order valence-electron chi connectivity index (χ0n) is 17.8. The standard InChI is InChI=1S/C24H23N3O3S2/c1-16(23-26-19-10-4-6-12-21(19)32-23)27(2)24(29)18-9-3-5-11-20(18)31-15-22(28)25-14-17-8-7-13-30-17/h3-13,16H,14-15H2,1-2H3,(H,25,28). The molecule has 0 spiro atoms. The third-order valence-electron chi connectivity index (χ3n) is 5.09. The molecule has 2 aromatic carbocycles. The van der Waals surface area contributed by atoms with Crippen LogP contribution in [0.1, 0.15) is 34.1 Å². The second-order valence-electron chi connectivity index (χ2n) is 7.25. The summed E-state index contributed by atoms with van der Waals surface area (Å²) in [5, 5.41) is 3.72. The Kier molecular flexibility index (Phi) is 6.92. The molecule has 1 atom stereocenters. The van der Waals surface area contributed by atoms with E-state index in [2.05, 4.69) is 5.32 Å². The lowest BCUT2D eigenvalue weighted by molar-refractivity contribution is -0.118. The minimum absolute atomic E-state index is 0.101. The number of aromatic nitrogens is 1. The summed E-state index contributed by atoms with van der Waals surface area (Å²) in [6.07, 6.45) is 1.57. The molecule has 2 aromatic heterocycles. The van der Waals surface area contributed by atoms with Gasteiger partial charge in [-0.1, -0.05) is 24.3 Å². The van der Waals surface area contributed by atoms with Crippen LogP contribution >= 0.6 is 23.1 Å². The summed E-state index contributed by atoms with van der Waals surface area (Å²) in [5.74, 6) is 0.687. The largest absolute Gasteiger partial charge is 0.467 e. The number of hydrogen-bond donors (Lipinski definition) is 1. The molecule has 0 fully saturated rings. The van der Waals surface area contributed by atoms with Crippen molar-refractivity contribution in [2.75, 3.05) is 12.8 Å². The Balaban J connectivity index is 1.42. The smallest absolute Gasteiger partial charge is 0.255 e. The van der Waals surface area contributed by atoms with Crippen molar-refractivity contribution in [2.24, 2.45) is 0 Å². The highest BCUT2D eigenvalue weighted by Crippen LogP contribution is 2.31. The van der Waals surface area contributed by atoms with Crippen LogP contribution in [0.2, 0.25) is 0 Å². The fourth-order valence-electron chi connectivity index (χ4n) is 3.16. The van der Waals surface area contributed by atoms with Gasteiger partial charge in [0.25, 0.3) is 5.91 Å². The number of carbonyl (C=O) groups is 2. The molecule has 0 radical (unpaired) electrons. The van der Waals surface area contributed by atoms with Crippen molar-refractivity contribution >= 4 is 45.1 Å².